The third kappa shape index (κ3) is 6.11. The number of carboxylic acids is 1. The molecule has 0 saturated heterocycles. The topological polar surface area (TPSA) is 40.1 Å². The molecular formula is C13H15NaO2. The van der Waals surface area contributed by atoms with Crippen molar-refractivity contribution in [3.8, 4) is 0 Å². The van der Waals surface area contributed by atoms with Gasteiger partial charge in [-0.05, 0) is 30.9 Å². The van der Waals surface area contributed by atoms with Crippen molar-refractivity contribution < 1.29 is 39.5 Å². The largest absolute Gasteiger partial charge is 1.00 e. The maximum absolute atomic E-state index is 10.4. The summed E-state index contributed by atoms with van der Waals surface area (Å²) in [6, 6.07) is 7.65. The van der Waals surface area contributed by atoms with Crippen LogP contribution in [-0.2, 0) is 17.6 Å². The summed E-state index contributed by atoms with van der Waals surface area (Å²) in [4.78, 5) is 10.4. The van der Waals surface area contributed by atoms with Gasteiger partial charge in [0, 0.05) is 12.4 Å². The first-order chi connectivity index (χ1) is 7.22. The Balaban J connectivity index is 0.00000225. The van der Waals surface area contributed by atoms with Gasteiger partial charge in [-0.3, -0.25) is 0 Å². The Morgan fingerprint density at radius 1 is 1.38 bits per heavy atom. The maximum Gasteiger partial charge on any atom is 1.00 e. The van der Waals surface area contributed by atoms with Crippen molar-refractivity contribution >= 4 is 5.97 Å². The molecule has 0 heterocycles. The van der Waals surface area contributed by atoms with Gasteiger partial charge in [-0.15, -0.1) is 0 Å². The third-order valence-corrected chi connectivity index (χ3v) is 2.18. The van der Waals surface area contributed by atoms with Crippen molar-refractivity contribution in [3.05, 3.63) is 47.5 Å². The van der Waals surface area contributed by atoms with E-state index in [2.05, 4.69) is 6.08 Å². The summed E-state index contributed by atoms with van der Waals surface area (Å²) in [6.45, 7) is 1.99. The van der Waals surface area contributed by atoms with Crippen LogP contribution in [0.2, 0.25) is 0 Å². The molecule has 1 aromatic rings. The van der Waals surface area contributed by atoms with E-state index in [4.69, 9.17) is 0 Å². The molecular weight excluding hydrogens is 211 g/mol. The van der Waals surface area contributed by atoms with Crippen LogP contribution in [0.5, 0.6) is 0 Å². The van der Waals surface area contributed by atoms with Crippen LogP contribution in [0.15, 0.2) is 36.4 Å². The number of rotatable bonds is 5. The average Bonchev–Trinajstić information content (AvgIpc) is 2.18. The Labute approximate surface area is 119 Å². The fraction of sp³-hybridized carbons (Fsp3) is 0.308. The Bertz CT molecular complexity index is 359. The Morgan fingerprint density at radius 2 is 2.06 bits per heavy atom. The summed E-state index contributed by atoms with van der Waals surface area (Å²) in [5.74, 6) is -1.03. The number of allylic oxidation sites excluding steroid dienone is 2. The van der Waals surface area contributed by atoms with E-state index in [1.54, 1.807) is 0 Å². The normalized spacial score (nSPS) is 10.1. The molecule has 0 bridgehead atoms. The van der Waals surface area contributed by atoms with Crippen molar-refractivity contribution in [1.82, 2.24) is 0 Å². The maximum atomic E-state index is 10.4. The number of carbonyl (C=O) groups excluding carboxylic acids is 1. The smallest absolute Gasteiger partial charge is 0.550 e. The number of hydrogen-bond donors (Lipinski definition) is 0. The minimum atomic E-state index is -1.03. The molecule has 80 valence electrons. The summed E-state index contributed by atoms with van der Waals surface area (Å²) in [6.07, 6.45) is 6.06. The van der Waals surface area contributed by atoms with E-state index in [-0.39, 0.29) is 36.0 Å². The molecule has 0 saturated carbocycles. The number of benzene rings is 1. The zero-order valence-corrected chi connectivity index (χ0v) is 11.9. The summed E-state index contributed by atoms with van der Waals surface area (Å²) >= 11 is 0. The Kier molecular flexibility index (Phi) is 8.26. The van der Waals surface area contributed by atoms with Crippen LogP contribution in [0.1, 0.15) is 24.5 Å². The Morgan fingerprint density at radius 3 is 2.69 bits per heavy atom. The van der Waals surface area contributed by atoms with Crippen LogP contribution in [-0.4, -0.2) is 5.97 Å². The van der Waals surface area contributed by atoms with E-state index in [1.807, 2.05) is 37.3 Å². The van der Waals surface area contributed by atoms with Gasteiger partial charge < -0.3 is 9.90 Å². The first-order valence-electron chi connectivity index (χ1n) is 5.11. The summed E-state index contributed by atoms with van der Waals surface area (Å²) in [7, 11) is 0. The van der Waals surface area contributed by atoms with Crippen molar-refractivity contribution in [1.29, 1.82) is 0 Å². The minimum Gasteiger partial charge on any atom is -0.550 e. The molecule has 16 heavy (non-hydrogen) atoms. The van der Waals surface area contributed by atoms with E-state index in [0.29, 0.717) is 0 Å². The van der Waals surface area contributed by atoms with Crippen molar-refractivity contribution in [2.45, 2.75) is 26.2 Å². The molecule has 0 atom stereocenters. The molecule has 0 aliphatic carbocycles. The van der Waals surface area contributed by atoms with E-state index in [9.17, 15) is 9.90 Å². The predicted octanol–water partition coefficient (Wildman–Crippen LogP) is -1.51. The second-order valence-corrected chi connectivity index (χ2v) is 3.48. The zero-order chi connectivity index (χ0) is 11.1. The second-order valence-electron chi connectivity index (χ2n) is 3.48. The van der Waals surface area contributed by atoms with E-state index in [1.165, 1.54) is 5.56 Å². The van der Waals surface area contributed by atoms with Crippen molar-refractivity contribution in [3.63, 3.8) is 0 Å². The van der Waals surface area contributed by atoms with E-state index in [0.717, 1.165) is 18.4 Å². The number of carbonyl (C=O) groups is 1. The van der Waals surface area contributed by atoms with Gasteiger partial charge in [-0.25, -0.2) is 0 Å². The molecule has 0 unspecified atom stereocenters. The first-order valence-corrected chi connectivity index (χ1v) is 5.11. The molecule has 0 spiro atoms. The molecule has 0 aliphatic heterocycles. The minimum absolute atomic E-state index is 0. The molecule has 2 nitrogen and oxygen atoms in total. The number of aryl methyl sites for hydroxylation is 1. The fourth-order valence-corrected chi connectivity index (χ4v) is 1.48. The molecule has 3 heteroatoms. The summed E-state index contributed by atoms with van der Waals surface area (Å²) in [5, 5.41) is 10.4. The number of hydrogen-bond acceptors (Lipinski definition) is 2. The summed E-state index contributed by atoms with van der Waals surface area (Å²) in [5.41, 5.74) is 1.99. The van der Waals surface area contributed by atoms with Gasteiger partial charge in [0.2, 0.25) is 0 Å². The molecule has 0 aromatic heterocycles. The Hall–Kier alpha value is -0.570. The molecule has 1 rings (SSSR count). The molecule has 0 radical (unpaired) electrons. The van der Waals surface area contributed by atoms with Gasteiger partial charge in [-0.1, -0.05) is 36.4 Å². The molecule has 0 aliphatic rings. The van der Waals surface area contributed by atoms with Gasteiger partial charge in [0.05, 0.1) is 0 Å². The average molecular weight is 226 g/mol. The van der Waals surface area contributed by atoms with Crippen LogP contribution in [0, 0.1) is 0 Å². The quantitative estimate of drug-likeness (QED) is 0.452. The molecule has 0 amide bonds. The van der Waals surface area contributed by atoms with Crippen molar-refractivity contribution in [2.24, 2.45) is 0 Å². The van der Waals surface area contributed by atoms with Gasteiger partial charge in [0.25, 0.3) is 0 Å². The SMILES string of the molecule is C/C=C/CCc1cccc(CC(=O)[O-])c1.[Na+]. The van der Waals surface area contributed by atoms with Gasteiger partial charge in [0.1, 0.15) is 0 Å². The fourth-order valence-electron chi connectivity index (χ4n) is 1.48. The van der Waals surface area contributed by atoms with Crippen molar-refractivity contribution in [2.75, 3.05) is 0 Å². The second kappa shape index (κ2) is 8.57. The van der Waals surface area contributed by atoms with Crippen LogP contribution < -0.4 is 34.7 Å². The zero-order valence-electron chi connectivity index (χ0n) is 9.90. The van der Waals surface area contributed by atoms with Crippen LogP contribution in [0.3, 0.4) is 0 Å². The summed E-state index contributed by atoms with van der Waals surface area (Å²) < 4.78 is 0. The standard InChI is InChI=1S/C13H16O2.Na/c1-2-3-4-6-11-7-5-8-12(9-11)10-13(14)15;/h2-3,5,7-9H,4,6,10H2,1H3,(H,14,15);/q;+1/p-1/b3-2+;. The van der Waals surface area contributed by atoms with Gasteiger partial charge >= 0.3 is 29.6 Å². The van der Waals surface area contributed by atoms with Gasteiger partial charge in [-0.2, -0.15) is 0 Å². The number of carboxylic acid groups (broad SMARTS) is 1. The molecule has 0 N–H and O–H groups in total. The van der Waals surface area contributed by atoms with Crippen LogP contribution in [0.25, 0.3) is 0 Å². The van der Waals surface area contributed by atoms with Crippen LogP contribution in [0.4, 0.5) is 0 Å². The third-order valence-electron chi connectivity index (χ3n) is 2.18. The van der Waals surface area contributed by atoms with Gasteiger partial charge in [0.15, 0.2) is 0 Å². The molecule has 1 aromatic carbocycles. The van der Waals surface area contributed by atoms with E-state index < -0.39 is 5.97 Å². The predicted molar refractivity (Wildman–Crippen MR) is 58.3 cm³/mol. The number of aliphatic carboxylic acids is 1. The molecule has 0 fully saturated rings. The first kappa shape index (κ1) is 15.4. The van der Waals surface area contributed by atoms with E-state index >= 15 is 0 Å². The monoisotopic (exact) mass is 226 g/mol. The van der Waals surface area contributed by atoms with Crippen LogP contribution >= 0.6 is 0 Å².